The van der Waals surface area contributed by atoms with Gasteiger partial charge in [-0.2, -0.15) is 0 Å². The average molecular weight is 867 g/mol. The molecule has 4 aromatic rings. The second-order valence-corrected chi connectivity index (χ2v) is 16.8. The first-order valence-corrected chi connectivity index (χ1v) is 21.8. The minimum Gasteiger partial charge on any atom is -0.458 e. The molecule has 4 N–H and O–H groups in total. The molecule has 0 bridgehead atoms. The summed E-state index contributed by atoms with van der Waals surface area (Å²) in [6, 6.07) is 16.2. The first kappa shape index (κ1) is 47.7. The Morgan fingerprint density at radius 2 is 1.53 bits per heavy atom. The fourth-order valence-electron chi connectivity index (χ4n) is 6.14. The molecule has 0 spiro atoms. The van der Waals surface area contributed by atoms with Crippen LogP contribution in [0.3, 0.4) is 0 Å². The van der Waals surface area contributed by atoms with Gasteiger partial charge in [0.2, 0.25) is 5.91 Å². The Balaban J connectivity index is 1.59. The van der Waals surface area contributed by atoms with Crippen LogP contribution >= 0.6 is 22.7 Å². The van der Waals surface area contributed by atoms with Crippen LogP contribution in [0.2, 0.25) is 0 Å². The van der Waals surface area contributed by atoms with Crippen molar-refractivity contribution in [1.82, 2.24) is 30.8 Å². The lowest BCUT2D eigenvalue weighted by Crippen LogP contribution is -2.56. The first-order valence-electron chi connectivity index (χ1n) is 20.0. The van der Waals surface area contributed by atoms with Crippen molar-refractivity contribution in [1.29, 1.82) is 0 Å². The maximum Gasteiger partial charge on any atom is 0.407 e. The van der Waals surface area contributed by atoms with Gasteiger partial charge in [0.25, 0.3) is 0 Å². The summed E-state index contributed by atoms with van der Waals surface area (Å²) in [5.41, 5.74) is 4.17. The predicted octanol–water partition coefficient (Wildman–Crippen LogP) is 5.48. The molecule has 2 aromatic carbocycles. The number of thiazole rings is 2. The van der Waals surface area contributed by atoms with E-state index in [2.05, 4.69) is 39.8 Å². The monoisotopic (exact) mass is 866 g/mol. The van der Waals surface area contributed by atoms with Crippen LogP contribution in [-0.4, -0.2) is 108 Å². The van der Waals surface area contributed by atoms with Crippen LogP contribution in [0.25, 0.3) is 0 Å². The highest BCUT2D eigenvalue weighted by atomic mass is 32.1. The number of nitrogens with zero attached hydrogens (tertiary/aromatic N) is 3. The Morgan fingerprint density at radius 3 is 2.15 bits per heavy atom. The molecule has 0 aliphatic rings. The van der Waals surface area contributed by atoms with Crippen molar-refractivity contribution >= 4 is 46.7 Å². The summed E-state index contributed by atoms with van der Waals surface area (Å²) in [5, 5.41) is 20.9. The van der Waals surface area contributed by atoms with E-state index < -0.39 is 54.8 Å². The highest BCUT2D eigenvalue weighted by molar-refractivity contribution is 7.09. The number of rotatable bonds is 25. The molecular weight excluding hydrogens is 809 g/mol. The number of nitrogens with one attached hydrogen (secondary N) is 3. The Morgan fingerprint density at radius 1 is 0.850 bits per heavy atom. The zero-order chi connectivity index (χ0) is 43.3. The van der Waals surface area contributed by atoms with Gasteiger partial charge < -0.3 is 44.9 Å². The number of esters is 1. The molecule has 4 atom stereocenters. The van der Waals surface area contributed by atoms with Crippen LogP contribution in [0.4, 0.5) is 9.59 Å². The molecule has 0 unspecified atom stereocenters. The van der Waals surface area contributed by atoms with Gasteiger partial charge in [0.1, 0.15) is 25.4 Å². The number of aliphatic hydroxyl groups excluding tert-OH is 1. The van der Waals surface area contributed by atoms with Gasteiger partial charge in [0, 0.05) is 37.0 Å². The van der Waals surface area contributed by atoms with Crippen LogP contribution in [0, 0.1) is 5.92 Å². The zero-order valence-corrected chi connectivity index (χ0v) is 36.5. The van der Waals surface area contributed by atoms with Crippen molar-refractivity contribution in [3.05, 3.63) is 104 Å². The Labute approximate surface area is 360 Å². The van der Waals surface area contributed by atoms with Crippen LogP contribution in [0.5, 0.6) is 0 Å². The van der Waals surface area contributed by atoms with Crippen molar-refractivity contribution in [2.75, 3.05) is 40.1 Å². The molecule has 0 aliphatic heterocycles. The number of aromatic nitrogens is 2. The fraction of sp³-hybridized carbons (Fsp3) is 0.488. The quantitative estimate of drug-likeness (QED) is 0.0488. The normalized spacial score (nSPS) is 13.3. The van der Waals surface area contributed by atoms with E-state index in [-0.39, 0.29) is 64.3 Å². The van der Waals surface area contributed by atoms with E-state index in [1.807, 2.05) is 79.9 Å². The zero-order valence-electron chi connectivity index (χ0n) is 34.9. The molecule has 17 heteroatoms. The van der Waals surface area contributed by atoms with Gasteiger partial charge in [-0.3, -0.25) is 9.78 Å². The number of aliphatic hydroxyl groups is 1. The fourth-order valence-corrected chi connectivity index (χ4v) is 7.47. The van der Waals surface area contributed by atoms with Gasteiger partial charge >= 0.3 is 18.1 Å². The number of hydrogen-bond acceptors (Lipinski definition) is 13. The summed E-state index contributed by atoms with van der Waals surface area (Å²) >= 11 is 2.90. The summed E-state index contributed by atoms with van der Waals surface area (Å²) in [5.74, 6) is -1.14. The summed E-state index contributed by atoms with van der Waals surface area (Å²) in [4.78, 5) is 65.5. The van der Waals surface area contributed by atoms with Gasteiger partial charge in [0.05, 0.1) is 60.1 Å². The van der Waals surface area contributed by atoms with E-state index in [4.69, 9.17) is 24.1 Å². The van der Waals surface area contributed by atoms with Crippen molar-refractivity contribution in [3.63, 3.8) is 0 Å². The first-order chi connectivity index (χ1) is 28.9. The van der Waals surface area contributed by atoms with E-state index in [9.17, 15) is 19.2 Å². The Hall–Kier alpha value is -4.94. The molecule has 2 aromatic heterocycles. The molecule has 4 rings (SSSR count). The second kappa shape index (κ2) is 25.6. The molecule has 60 heavy (non-hydrogen) atoms. The van der Waals surface area contributed by atoms with Gasteiger partial charge in [-0.05, 0) is 29.9 Å². The van der Waals surface area contributed by atoms with Crippen molar-refractivity contribution in [2.24, 2.45) is 5.92 Å². The lowest BCUT2D eigenvalue weighted by Gasteiger charge is -2.32. The molecular formula is C43H58N6O9S2. The largest absolute Gasteiger partial charge is 0.458 e. The summed E-state index contributed by atoms with van der Waals surface area (Å²) in [6.45, 7) is 7.95. The molecule has 0 saturated carbocycles. The molecule has 0 radical (unpaired) electrons. The van der Waals surface area contributed by atoms with Crippen molar-refractivity contribution < 1.29 is 43.2 Å². The molecule has 15 nitrogen and oxygen atoms in total. The van der Waals surface area contributed by atoms with Crippen LogP contribution in [-0.2, 0) is 54.5 Å². The highest BCUT2D eigenvalue weighted by Gasteiger charge is 2.34. The molecule has 0 saturated heterocycles. The van der Waals surface area contributed by atoms with Gasteiger partial charge in [-0.15, -0.1) is 22.7 Å². The average Bonchev–Trinajstić information content (AvgIpc) is 3.93. The summed E-state index contributed by atoms with van der Waals surface area (Å²) < 4.78 is 22.4. The highest BCUT2D eigenvalue weighted by Crippen LogP contribution is 2.21. The number of carbonyl (C=O) groups excluding carboxylic acids is 4. The number of hydrogen-bond donors (Lipinski definition) is 4. The second-order valence-electron chi connectivity index (χ2n) is 14.9. The smallest absolute Gasteiger partial charge is 0.407 e. The number of ether oxygens (including phenoxy) is 4. The molecule has 0 aliphatic carbocycles. The topological polar surface area (TPSA) is 191 Å². The van der Waals surface area contributed by atoms with Gasteiger partial charge in [-0.1, -0.05) is 88.4 Å². The summed E-state index contributed by atoms with van der Waals surface area (Å²) in [6.07, 6.45) is 0.558. The third kappa shape index (κ3) is 17.0. The lowest BCUT2D eigenvalue weighted by atomic mass is 9.92. The standard InChI is InChI=1S/C43H58N6O9S2/c1-29(2)39(48-42(53)49(5)24-34-27-59-41(46-34)30(3)4)40(52)45-33(20-31-12-8-6-9-13-31)22-37(58-38(51)26-56-19-18-55-17-16-50)36(21-32-14-10-7-11-15-32)47-43(54)57-25-35-23-44-28-60-35/h6-15,23,27-30,33,36-37,39,50H,16-22,24-26H2,1-5H3,(H,45,52)(H,47,54)(H,48,53)/t33-,36-,37-,39-/m0/s1. The number of amides is 4. The Bertz CT molecular complexity index is 1860. The van der Waals surface area contributed by atoms with Crippen LogP contribution in [0.1, 0.15) is 66.7 Å². The summed E-state index contributed by atoms with van der Waals surface area (Å²) in [7, 11) is 1.66. The SMILES string of the molecule is CC(C)c1nc(CN(C)C(=O)N[C@H](C(=O)N[C@@H](Cc2ccccc2)C[C@H](OC(=O)COCCOCCO)[C@H](Cc2ccccc2)NC(=O)OCc2cncs2)C(C)C)cs1. The van der Waals surface area contributed by atoms with E-state index >= 15 is 0 Å². The minimum absolute atomic E-state index is 0.00184. The number of alkyl carbamates (subject to hydrolysis) is 1. The molecule has 4 amide bonds. The molecule has 326 valence electrons. The maximum atomic E-state index is 14.3. The third-order valence-corrected chi connectivity index (χ3v) is 11.2. The number of benzene rings is 2. The molecule has 2 heterocycles. The van der Waals surface area contributed by atoms with Crippen molar-refractivity contribution in [2.45, 2.75) is 90.3 Å². The van der Waals surface area contributed by atoms with E-state index in [1.54, 1.807) is 30.1 Å². The maximum absolute atomic E-state index is 14.3. The lowest BCUT2D eigenvalue weighted by molar-refractivity contribution is -0.157. The van der Waals surface area contributed by atoms with Crippen LogP contribution < -0.4 is 16.0 Å². The number of urea groups is 1. The van der Waals surface area contributed by atoms with Gasteiger partial charge in [-0.25, -0.2) is 19.4 Å². The Kier molecular flexibility index (Phi) is 20.4. The third-order valence-electron chi connectivity index (χ3n) is 9.22. The van der Waals surface area contributed by atoms with Crippen LogP contribution in [0.15, 0.2) is 77.8 Å². The predicted molar refractivity (Wildman–Crippen MR) is 229 cm³/mol. The van der Waals surface area contributed by atoms with E-state index in [0.717, 1.165) is 26.7 Å². The minimum atomic E-state index is -0.996. The van der Waals surface area contributed by atoms with E-state index in [1.165, 1.54) is 16.2 Å². The number of carbonyl (C=O) groups is 4. The van der Waals surface area contributed by atoms with Crippen molar-refractivity contribution in [3.8, 4) is 0 Å². The molecule has 0 fully saturated rings. The van der Waals surface area contributed by atoms with E-state index in [0.29, 0.717) is 6.42 Å². The van der Waals surface area contributed by atoms with Gasteiger partial charge in [0.15, 0.2) is 0 Å².